The third kappa shape index (κ3) is 3.11. The normalized spacial score (nSPS) is 22.8. The van der Waals surface area contributed by atoms with Crippen LogP contribution in [0.4, 0.5) is 0 Å². The smallest absolute Gasteiger partial charge is 0.231 e. The number of aliphatic hydroxyl groups is 1. The Labute approximate surface area is 123 Å². The Morgan fingerprint density at radius 1 is 1.33 bits per heavy atom. The first-order valence-electron chi connectivity index (χ1n) is 7.20. The van der Waals surface area contributed by atoms with E-state index in [1.54, 1.807) is 0 Å². The fourth-order valence-corrected chi connectivity index (χ4v) is 2.84. The van der Waals surface area contributed by atoms with Crippen LogP contribution in [0.15, 0.2) is 22.9 Å². The third-order valence-corrected chi connectivity index (χ3v) is 3.97. The molecule has 21 heavy (non-hydrogen) atoms. The Morgan fingerprint density at radius 2 is 2.19 bits per heavy atom. The molecule has 6 heteroatoms. The monoisotopic (exact) mass is 288 g/mol. The lowest BCUT2D eigenvalue weighted by Crippen LogP contribution is -2.21. The van der Waals surface area contributed by atoms with Crippen LogP contribution in [-0.2, 0) is 6.54 Å². The van der Waals surface area contributed by atoms with E-state index in [2.05, 4.69) is 26.1 Å². The molecule has 0 bridgehead atoms. The van der Waals surface area contributed by atoms with Gasteiger partial charge < -0.3 is 9.63 Å². The summed E-state index contributed by atoms with van der Waals surface area (Å²) in [5.41, 5.74) is 2.20. The number of aryl methyl sites for hydroxylation is 2. The lowest BCUT2D eigenvalue weighted by Gasteiger charge is -2.14. The van der Waals surface area contributed by atoms with Gasteiger partial charge in [-0.05, 0) is 25.5 Å². The highest BCUT2D eigenvalue weighted by Crippen LogP contribution is 2.32. The van der Waals surface area contributed by atoms with E-state index in [0.29, 0.717) is 11.7 Å². The van der Waals surface area contributed by atoms with E-state index in [4.69, 9.17) is 4.52 Å². The summed E-state index contributed by atoms with van der Waals surface area (Å²) in [6.45, 7) is 6.37. The van der Waals surface area contributed by atoms with Crippen LogP contribution < -0.4 is 0 Å². The molecule has 0 spiro atoms. The van der Waals surface area contributed by atoms with E-state index in [9.17, 15) is 5.11 Å². The van der Waals surface area contributed by atoms with E-state index < -0.39 is 0 Å². The summed E-state index contributed by atoms with van der Waals surface area (Å²) in [7, 11) is 0. The number of likely N-dealkylation sites (tertiary alicyclic amines) is 1. The molecule has 1 N–H and O–H groups in total. The van der Waals surface area contributed by atoms with E-state index >= 15 is 0 Å². The van der Waals surface area contributed by atoms with Gasteiger partial charge in [-0.1, -0.05) is 11.2 Å². The SMILES string of the molecule is Cc1ccc(CN2C[C@@H](CO)[C@H](c3nc(C)no3)C2)nc1. The molecule has 3 heterocycles. The molecule has 0 aliphatic carbocycles. The molecule has 6 nitrogen and oxygen atoms in total. The molecule has 0 amide bonds. The van der Waals surface area contributed by atoms with E-state index in [1.807, 2.05) is 26.1 Å². The summed E-state index contributed by atoms with van der Waals surface area (Å²) in [5, 5.41) is 13.4. The summed E-state index contributed by atoms with van der Waals surface area (Å²) < 4.78 is 5.28. The standard InChI is InChI=1S/C15H20N4O2/c1-10-3-4-13(16-5-10)7-19-6-12(9-20)14(8-19)15-17-11(2)18-21-15/h3-5,12,14,20H,6-9H2,1-2H3/t12-,14+/m0/s1. The van der Waals surface area contributed by atoms with Crippen LogP contribution in [0.1, 0.15) is 28.9 Å². The molecule has 2 aromatic rings. The minimum absolute atomic E-state index is 0.0987. The van der Waals surface area contributed by atoms with Gasteiger partial charge in [0, 0.05) is 38.4 Å². The first kappa shape index (κ1) is 14.2. The summed E-state index contributed by atoms with van der Waals surface area (Å²) >= 11 is 0. The largest absolute Gasteiger partial charge is 0.396 e. The highest BCUT2D eigenvalue weighted by molar-refractivity contribution is 5.13. The minimum Gasteiger partial charge on any atom is -0.396 e. The van der Waals surface area contributed by atoms with Crippen molar-refractivity contribution in [3.8, 4) is 0 Å². The lowest BCUT2D eigenvalue weighted by atomic mass is 9.97. The van der Waals surface area contributed by atoms with Gasteiger partial charge >= 0.3 is 0 Å². The topological polar surface area (TPSA) is 75.3 Å². The van der Waals surface area contributed by atoms with Crippen molar-refractivity contribution in [3.63, 3.8) is 0 Å². The zero-order chi connectivity index (χ0) is 14.8. The van der Waals surface area contributed by atoms with Crippen molar-refractivity contribution in [1.29, 1.82) is 0 Å². The number of nitrogens with zero attached hydrogens (tertiary/aromatic N) is 4. The maximum absolute atomic E-state index is 9.59. The van der Waals surface area contributed by atoms with Crippen molar-refractivity contribution in [3.05, 3.63) is 41.3 Å². The Bertz CT molecular complexity index is 596. The predicted octanol–water partition coefficient (Wildman–Crippen LogP) is 1.29. The Morgan fingerprint density at radius 3 is 2.81 bits per heavy atom. The van der Waals surface area contributed by atoms with Gasteiger partial charge in [-0.3, -0.25) is 9.88 Å². The first-order valence-corrected chi connectivity index (χ1v) is 7.20. The van der Waals surface area contributed by atoms with Crippen LogP contribution >= 0.6 is 0 Å². The second-order valence-corrected chi connectivity index (χ2v) is 5.75. The molecule has 3 rings (SSSR count). The molecule has 0 saturated carbocycles. The van der Waals surface area contributed by atoms with Gasteiger partial charge in [0.2, 0.25) is 5.89 Å². The van der Waals surface area contributed by atoms with Crippen LogP contribution in [0.2, 0.25) is 0 Å². The number of aliphatic hydroxyl groups excluding tert-OH is 1. The summed E-state index contributed by atoms with van der Waals surface area (Å²) in [6, 6.07) is 4.12. The Balaban J connectivity index is 1.70. The molecular weight excluding hydrogens is 268 g/mol. The maximum atomic E-state index is 9.59. The van der Waals surface area contributed by atoms with Gasteiger partial charge in [0.05, 0.1) is 11.6 Å². The number of hydrogen-bond donors (Lipinski definition) is 1. The fourth-order valence-electron chi connectivity index (χ4n) is 2.84. The van der Waals surface area contributed by atoms with Gasteiger partial charge in [0.25, 0.3) is 0 Å². The lowest BCUT2D eigenvalue weighted by molar-refractivity contribution is 0.204. The van der Waals surface area contributed by atoms with Crippen molar-refractivity contribution >= 4 is 0 Å². The molecule has 0 aromatic carbocycles. The molecule has 1 aliphatic heterocycles. The average Bonchev–Trinajstić information content (AvgIpc) is 3.07. The van der Waals surface area contributed by atoms with Gasteiger partial charge in [-0.15, -0.1) is 0 Å². The zero-order valence-corrected chi connectivity index (χ0v) is 12.4. The number of pyridine rings is 1. The molecule has 1 aliphatic rings. The molecule has 112 valence electrons. The average molecular weight is 288 g/mol. The fraction of sp³-hybridized carbons (Fsp3) is 0.533. The number of rotatable bonds is 4. The van der Waals surface area contributed by atoms with Crippen molar-refractivity contribution in [2.24, 2.45) is 5.92 Å². The molecule has 2 atom stereocenters. The second-order valence-electron chi connectivity index (χ2n) is 5.75. The first-order chi connectivity index (χ1) is 10.2. The van der Waals surface area contributed by atoms with Crippen molar-refractivity contribution in [2.75, 3.05) is 19.7 Å². The Kier molecular flexibility index (Phi) is 3.98. The number of hydrogen-bond acceptors (Lipinski definition) is 6. The van der Waals surface area contributed by atoms with E-state index in [1.165, 1.54) is 0 Å². The number of aromatic nitrogens is 3. The highest BCUT2D eigenvalue weighted by atomic mass is 16.5. The van der Waals surface area contributed by atoms with Crippen molar-refractivity contribution in [1.82, 2.24) is 20.0 Å². The van der Waals surface area contributed by atoms with Crippen LogP contribution in [0.5, 0.6) is 0 Å². The van der Waals surface area contributed by atoms with Crippen LogP contribution in [0.3, 0.4) is 0 Å². The quantitative estimate of drug-likeness (QED) is 0.913. The molecule has 1 saturated heterocycles. The molecule has 0 unspecified atom stereocenters. The van der Waals surface area contributed by atoms with Crippen molar-refractivity contribution in [2.45, 2.75) is 26.3 Å². The second kappa shape index (κ2) is 5.91. The third-order valence-electron chi connectivity index (χ3n) is 3.97. The minimum atomic E-state index is 0.0987. The van der Waals surface area contributed by atoms with Gasteiger partial charge in [-0.2, -0.15) is 4.98 Å². The van der Waals surface area contributed by atoms with Gasteiger partial charge in [0.1, 0.15) is 0 Å². The summed E-state index contributed by atoms with van der Waals surface area (Å²) in [4.78, 5) is 11.0. The van der Waals surface area contributed by atoms with Crippen LogP contribution in [-0.4, -0.2) is 44.8 Å². The van der Waals surface area contributed by atoms with Crippen LogP contribution in [0, 0.1) is 19.8 Å². The molecule has 2 aromatic heterocycles. The highest BCUT2D eigenvalue weighted by Gasteiger charge is 2.36. The summed E-state index contributed by atoms with van der Waals surface area (Å²) in [6.07, 6.45) is 1.88. The van der Waals surface area contributed by atoms with Crippen molar-refractivity contribution < 1.29 is 9.63 Å². The molecular formula is C15H20N4O2. The maximum Gasteiger partial charge on any atom is 0.231 e. The molecule has 1 fully saturated rings. The van der Waals surface area contributed by atoms with E-state index in [0.717, 1.165) is 30.9 Å². The zero-order valence-electron chi connectivity index (χ0n) is 12.4. The van der Waals surface area contributed by atoms with Crippen LogP contribution in [0.25, 0.3) is 0 Å². The summed E-state index contributed by atoms with van der Waals surface area (Å²) in [5.74, 6) is 1.50. The van der Waals surface area contributed by atoms with Gasteiger partial charge in [-0.25, -0.2) is 0 Å². The van der Waals surface area contributed by atoms with Gasteiger partial charge in [0.15, 0.2) is 5.82 Å². The van der Waals surface area contributed by atoms with E-state index in [-0.39, 0.29) is 18.4 Å². The predicted molar refractivity (Wildman–Crippen MR) is 76.6 cm³/mol. The molecule has 0 radical (unpaired) electrons. The Hall–Kier alpha value is -1.79.